The summed E-state index contributed by atoms with van der Waals surface area (Å²) in [6.45, 7) is 2.69. The van der Waals surface area contributed by atoms with Crippen molar-refractivity contribution in [1.29, 1.82) is 0 Å². The van der Waals surface area contributed by atoms with E-state index >= 15 is 0 Å². The Morgan fingerprint density at radius 3 is 2.80 bits per heavy atom. The van der Waals surface area contributed by atoms with Crippen LogP contribution in [0.5, 0.6) is 0 Å². The monoisotopic (exact) mass is 348 g/mol. The third-order valence-electron chi connectivity index (χ3n) is 4.81. The number of carbonyl (C=O) groups is 1. The first-order valence-corrected chi connectivity index (χ1v) is 9.23. The molecule has 0 aliphatic carbocycles. The number of hydrogen-bond acceptors (Lipinski definition) is 4. The normalized spacial score (nSPS) is 17.9. The number of thiophene rings is 1. The van der Waals surface area contributed by atoms with Gasteiger partial charge in [-0.15, -0.1) is 11.3 Å². The minimum Gasteiger partial charge on any atom is -0.282 e. The van der Waals surface area contributed by atoms with E-state index in [9.17, 15) is 4.79 Å². The van der Waals surface area contributed by atoms with Crippen molar-refractivity contribution in [2.45, 2.75) is 13.3 Å². The number of amides is 1. The van der Waals surface area contributed by atoms with Crippen LogP contribution < -0.4 is 4.90 Å². The van der Waals surface area contributed by atoms with Crippen molar-refractivity contribution in [3.63, 3.8) is 0 Å². The maximum Gasteiger partial charge on any atom is 0.232 e. The van der Waals surface area contributed by atoms with Crippen molar-refractivity contribution in [2.75, 3.05) is 11.4 Å². The van der Waals surface area contributed by atoms with Crippen LogP contribution in [0.1, 0.15) is 13.3 Å². The van der Waals surface area contributed by atoms with E-state index in [4.69, 9.17) is 4.98 Å². The summed E-state index contributed by atoms with van der Waals surface area (Å²) < 4.78 is 2.11. The van der Waals surface area contributed by atoms with Gasteiger partial charge in [0, 0.05) is 17.8 Å². The number of pyridine rings is 1. The van der Waals surface area contributed by atoms with Crippen molar-refractivity contribution < 1.29 is 4.79 Å². The highest BCUT2D eigenvalue weighted by molar-refractivity contribution is 7.12. The van der Waals surface area contributed by atoms with Gasteiger partial charge in [0.25, 0.3) is 0 Å². The molecular formula is C19H16N4OS. The molecule has 1 amide bonds. The summed E-state index contributed by atoms with van der Waals surface area (Å²) in [6.07, 6.45) is 2.67. The maximum atomic E-state index is 12.6. The molecule has 5 rings (SSSR count). The molecule has 0 radical (unpaired) electrons. The van der Waals surface area contributed by atoms with E-state index in [0.717, 1.165) is 33.4 Å². The summed E-state index contributed by atoms with van der Waals surface area (Å²) in [7, 11) is 0. The van der Waals surface area contributed by atoms with Crippen LogP contribution in [0.25, 0.3) is 26.9 Å². The first-order valence-electron chi connectivity index (χ1n) is 8.35. The standard InChI is InChI=1S/C19H16N4OS/c1-12-8-9-22(18(12)24)19-21-15-11-20-14-6-3-2-5-13(14)17(15)23(19)16-7-4-10-25-16/h2-7,10-12H,8-9H2,1H3. The Labute approximate surface area is 148 Å². The van der Waals surface area contributed by atoms with Gasteiger partial charge in [-0.1, -0.05) is 25.1 Å². The number of aromatic nitrogens is 3. The van der Waals surface area contributed by atoms with Crippen molar-refractivity contribution in [3.8, 4) is 5.00 Å². The summed E-state index contributed by atoms with van der Waals surface area (Å²) in [5, 5.41) is 4.15. The van der Waals surface area contributed by atoms with Crippen molar-refractivity contribution in [1.82, 2.24) is 14.5 Å². The van der Waals surface area contributed by atoms with Crippen molar-refractivity contribution in [2.24, 2.45) is 5.92 Å². The van der Waals surface area contributed by atoms with E-state index in [1.165, 1.54) is 0 Å². The molecule has 0 spiro atoms. The van der Waals surface area contributed by atoms with Gasteiger partial charge in [0.15, 0.2) is 0 Å². The number of imidazole rings is 1. The molecule has 3 aromatic heterocycles. The smallest absolute Gasteiger partial charge is 0.232 e. The average Bonchev–Trinajstić information content (AvgIpc) is 3.34. The highest BCUT2D eigenvalue weighted by Crippen LogP contribution is 2.35. The van der Waals surface area contributed by atoms with Gasteiger partial charge in [0.1, 0.15) is 10.5 Å². The fraction of sp³-hybridized carbons (Fsp3) is 0.211. The summed E-state index contributed by atoms with van der Waals surface area (Å²) in [6, 6.07) is 12.2. The van der Waals surface area contributed by atoms with Gasteiger partial charge in [-0.05, 0) is 30.0 Å². The topological polar surface area (TPSA) is 51.0 Å². The third-order valence-corrected chi connectivity index (χ3v) is 5.67. The fourth-order valence-corrected chi connectivity index (χ4v) is 4.23. The molecule has 1 saturated heterocycles. The van der Waals surface area contributed by atoms with Crippen LogP contribution in [0, 0.1) is 5.92 Å². The fourth-order valence-electron chi connectivity index (χ4n) is 3.50. The Morgan fingerprint density at radius 2 is 2.04 bits per heavy atom. The molecule has 0 bridgehead atoms. The zero-order valence-corrected chi connectivity index (χ0v) is 14.5. The van der Waals surface area contributed by atoms with Gasteiger partial charge in [0.05, 0.1) is 17.2 Å². The first kappa shape index (κ1) is 14.6. The average molecular weight is 348 g/mol. The number of benzene rings is 1. The van der Waals surface area contributed by atoms with Crippen LogP contribution >= 0.6 is 11.3 Å². The van der Waals surface area contributed by atoms with E-state index in [1.54, 1.807) is 17.5 Å². The molecule has 4 heterocycles. The predicted octanol–water partition coefficient (Wildman–Crippen LogP) is 4.01. The lowest BCUT2D eigenvalue weighted by Gasteiger charge is -2.17. The van der Waals surface area contributed by atoms with Crippen molar-refractivity contribution in [3.05, 3.63) is 48.0 Å². The lowest BCUT2D eigenvalue weighted by molar-refractivity contribution is -0.119. The molecule has 1 atom stereocenters. The minimum atomic E-state index is 0.0477. The van der Waals surface area contributed by atoms with Crippen LogP contribution in [0.4, 0.5) is 5.95 Å². The zero-order chi connectivity index (χ0) is 17.0. The van der Waals surface area contributed by atoms with Gasteiger partial charge < -0.3 is 0 Å². The van der Waals surface area contributed by atoms with Crippen LogP contribution in [-0.2, 0) is 4.79 Å². The second kappa shape index (κ2) is 5.39. The summed E-state index contributed by atoms with van der Waals surface area (Å²) in [5.74, 6) is 0.891. The Balaban J connectivity index is 1.88. The molecule has 1 aliphatic rings. The Bertz CT molecular complexity index is 1100. The van der Waals surface area contributed by atoms with E-state index in [-0.39, 0.29) is 11.8 Å². The number of rotatable bonds is 2. The molecular weight excluding hydrogens is 332 g/mol. The number of nitrogens with zero attached hydrogens (tertiary/aromatic N) is 4. The lowest BCUT2D eigenvalue weighted by Crippen LogP contribution is -2.28. The zero-order valence-electron chi connectivity index (χ0n) is 13.7. The van der Waals surface area contributed by atoms with Gasteiger partial charge in [-0.3, -0.25) is 19.2 Å². The molecule has 25 heavy (non-hydrogen) atoms. The van der Waals surface area contributed by atoms with E-state index < -0.39 is 0 Å². The number of hydrogen-bond donors (Lipinski definition) is 0. The third kappa shape index (κ3) is 2.10. The van der Waals surface area contributed by atoms with Gasteiger partial charge in [-0.25, -0.2) is 4.98 Å². The van der Waals surface area contributed by atoms with E-state index in [1.807, 2.05) is 41.5 Å². The predicted molar refractivity (Wildman–Crippen MR) is 100 cm³/mol. The molecule has 1 fully saturated rings. The molecule has 4 aromatic rings. The summed E-state index contributed by atoms with van der Waals surface area (Å²) >= 11 is 1.64. The molecule has 1 aromatic carbocycles. The second-order valence-corrected chi connectivity index (χ2v) is 7.31. The Kier molecular flexibility index (Phi) is 3.15. The molecule has 6 heteroatoms. The van der Waals surface area contributed by atoms with Gasteiger partial charge in [-0.2, -0.15) is 0 Å². The minimum absolute atomic E-state index is 0.0477. The van der Waals surface area contributed by atoms with E-state index in [2.05, 4.69) is 21.7 Å². The maximum absolute atomic E-state index is 12.6. The molecule has 0 saturated carbocycles. The molecule has 1 aliphatic heterocycles. The molecule has 1 unspecified atom stereocenters. The molecule has 5 nitrogen and oxygen atoms in total. The number of anilines is 1. The van der Waals surface area contributed by atoms with Crippen molar-refractivity contribution >= 4 is 45.1 Å². The quantitative estimate of drug-likeness (QED) is 0.550. The SMILES string of the molecule is CC1CCN(c2nc3cnc4ccccc4c3n2-c2cccs2)C1=O. The van der Waals surface area contributed by atoms with Crippen LogP contribution in [0.15, 0.2) is 48.0 Å². The van der Waals surface area contributed by atoms with Gasteiger partial charge >= 0.3 is 0 Å². The van der Waals surface area contributed by atoms with Gasteiger partial charge in [0.2, 0.25) is 11.9 Å². The Hall–Kier alpha value is -2.73. The highest BCUT2D eigenvalue weighted by atomic mass is 32.1. The number of para-hydroxylation sites is 1. The Morgan fingerprint density at radius 1 is 1.16 bits per heavy atom. The number of fused-ring (bicyclic) bond motifs is 3. The second-order valence-electron chi connectivity index (χ2n) is 6.39. The first-order chi connectivity index (χ1) is 12.2. The molecule has 0 N–H and O–H groups in total. The molecule has 124 valence electrons. The number of carbonyl (C=O) groups excluding carboxylic acids is 1. The van der Waals surface area contributed by atoms with Crippen LogP contribution in [0.3, 0.4) is 0 Å². The lowest BCUT2D eigenvalue weighted by atomic mass is 10.1. The summed E-state index contributed by atoms with van der Waals surface area (Å²) in [4.78, 5) is 23.8. The van der Waals surface area contributed by atoms with Crippen LogP contribution in [-0.4, -0.2) is 27.0 Å². The largest absolute Gasteiger partial charge is 0.282 e. The highest BCUT2D eigenvalue weighted by Gasteiger charge is 2.33. The summed E-state index contributed by atoms with van der Waals surface area (Å²) in [5.41, 5.74) is 2.75. The van der Waals surface area contributed by atoms with E-state index in [0.29, 0.717) is 12.5 Å². The van der Waals surface area contributed by atoms with Crippen LogP contribution in [0.2, 0.25) is 0 Å².